The number of phenolic OH excluding ortho intramolecular Hbond substituents is 4. The van der Waals surface area contributed by atoms with Gasteiger partial charge >= 0.3 is 11.3 Å². The Bertz CT molecular complexity index is 1470. The van der Waals surface area contributed by atoms with E-state index in [0.717, 1.165) is 18.2 Å². The zero-order valence-electron chi connectivity index (χ0n) is 22.5. The Morgan fingerprint density at radius 1 is 0.591 bits per heavy atom. The van der Waals surface area contributed by atoms with E-state index in [2.05, 4.69) is 0 Å². The molecule has 17 nitrogen and oxygen atoms in total. The molecule has 0 saturated carbocycles. The Kier molecular flexibility index (Phi) is 8.87. The summed E-state index contributed by atoms with van der Waals surface area (Å²) in [6, 6.07) is 5.50. The lowest BCUT2D eigenvalue weighted by Crippen LogP contribution is -2.60. The number of ether oxygens (including phenoxy) is 4. The molecule has 2 saturated heterocycles. The van der Waals surface area contributed by atoms with Gasteiger partial charge in [-0.25, -0.2) is 4.42 Å². The van der Waals surface area contributed by atoms with Gasteiger partial charge in [0.15, 0.2) is 28.7 Å². The van der Waals surface area contributed by atoms with Crippen LogP contribution in [0.3, 0.4) is 0 Å². The zero-order valence-corrected chi connectivity index (χ0v) is 22.5. The maximum Gasteiger partial charge on any atom is 0.402 e. The van der Waals surface area contributed by atoms with Crippen LogP contribution in [0.25, 0.3) is 22.3 Å². The lowest BCUT2D eigenvalue weighted by Gasteiger charge is -2.39. The van der Waals surface area contributed by atoms with Crippen LogP contribution in [0.4, 0.5) is 0 Å². The average molecular weight is 628 g/mol. The fourth-order valence-electron chi connectivity index (χ4n) is 4.83. The Morgan fingerprint density at radius 3 is 1.57 bits per heavy atom. The number of fused-ring (bicyclic) bond motifs is 1. The van der Waals surface area contributed by atoms with Crippen LogP contribution in [-0.4, -0.2) is 136 Å². The fraction of sp³-hybridized carbons (Fsp3) is 0.444. The summed E-state index contributed by atoms with van der Waals surface area (Å²) >= 11 is 0. The summed E-state index contributed by atoms with van der Waals surface area (Å²) in [6.45, 7) is -1.48. The largest absolute Gasteiger partial charge is 0.504 e. The van der Waals surface area contributed by atoms with Crippen molar-refractivity contribution in [2.45, 2.75) is 61.4 Å². The Hall–Kier alpha value is -3.75. The molecule has 17 heteroatoms. The fourth-order valence-corrected chi connectivity index (χ4v) is 4.83. The second kappa shape index (κ2) is 12.3. The van der Waals surface area contributed by atoms with Crippen LogP contribution in [0.1, 0.15) is 0 Å². The smallest absolute Gasteiger partial charge is 0.402 e. The maximum absolute atomic E-state index is 10.7. The minimum atomic E-state index is -1.84. The van der Waals surface area contributed by atoms with Crippen molar-refractivity contribution in [1.82, 2.24) is 0 Å². The number of phenols is 4. The van der Waals surface area contributed by atoms with Crippen LogP contribution in [0.2, 0.25) is 0 Å². The molecule has 240 valence electrons. The molecule has 0 aliphatic carbocycles. The van der Waals surface area contributed by atoms with Gasteiger partial charge in [-0.3, -0.25) is 0 Å². The zero-order chi connectivity index (χ0) is 32.0. The number of rotatable bonds is 7. The van der Waals surface area contributed by atoms with Crippen LogP contribution >= 0.6 is 0 Å². The molecule has 3 heterocycles. The minimum Gasteiger partial charge on any atom is -0.504 e. The van der Waals surface area contributed by atoms with Crippen molar-refractivity contribution >= 4 is 11.0 Å². The van der Waals surface area contributed by atoms with E-state index >= 15 is 0 Å². The van der Waals surface area contributed by atoms with Crippen molar-refractivity contribution in [3.8, 4) is 45.8 Å². The predicted octanol–water partition coefficient (Wildman–Crippen LogP) is -2.44. The van der Waals surface area contributed by atoms with Crippen molar-refractivity contribution in [2.75, 3.05) is 13.2 Å². The number of hydrogen-bond acceptors (Lipinski definition) is 16. The van der Waals surface area contributed by atoms with Gasteiger partial charge in [0, 0.05) is 24.3 Å². The molecule has 0 amide bonds. The van der Waals surface area contributed by atoms with Crippen molar-refractivity contribution in [1.29, 1.82) is 0 Å². The van der Waals surface area contributed by atoms with Crippen molar-refractivity contribution in [3.63, 3.8) is 0 Å². The first-order chi connectivity index (χ1) is 20.8. The Balaban J connectivity index is 1.57. The van der Waals surface area contributed by atoms with Crippen LogP contribution in [-0.2, 0) is 9.47 Å². The van der Waals surface area contributed by atoms with Gasteiger partial charge in [-0.1, -0.05) is 0 Å². The topological polar surface area (TPSA) is 291 Å². The molecule has 2 fully saturated rings. The predicted molar refractivity (Wildman–Crippen MR) is 142 cm³/mol. The van der Waals surface area contributed by atoms with Gasteiger partial charge in [0.2, 0.25) is 18.3 Å². The molecule has 10 atom stereocenters. The summed E-state index contributed by atoms with van der Waals surface area (Å²) in [7, 11) is 0. The second-order valence-corrected chi connectivity index (χ2v) is 10.3. The number of aliphatic hydroxyl groups excluding tert-OH is 8. The summed E-state index contributed by atoms with van der Waals surface area (Å²) in [5.41, 5.74) is -0.146. The molecule has 0 bridgehead atoms. The molecular formula is C27H31O17+. The molecule has 3 aromatic rings. The highest BCUT2D eigenvalue weighted by molar-refractivity contribution is 5.85. The molecular weight excluding hydrogens is 596 g/mol. The van der Waals surface area contributed by atoms with Crippen LogP contribution in [0, 0.1) is 0 Å². The third-order valence-corrected chi connectivity index (χ3v) is 7.33. The highest BCUT2D eigenvalue weighted by atomic mass is 16.7. The third-order valence-electron chi connectivity index (χ3n) is 7.33. The molecule has 2 aliphatic rings. The van der Waals surface area contributed by atoms with Crippen molar-refractivity contribution in [2.24, 2.45) is 0 Å². The highest BCUT2D eigenvalue weighted by Gasteiger charge is 2.47. The quantitative estimate of drug-likeness (QED) is 0.0956. The number of benzene rings is 2. The van der Waals surface area contributed by atoms with Gasteiger partial charge < -0.3 is 80.2 Å². The summed E-state index contributed by atoms with van der Waals surface area (Å²) in [5.74, 6) is -3.77. The van der Waals surface area contributed by atoms with E-state index in [4.69, 9.17) is 23.4 Å². The van der Waals surface area contributed by atoms with Gasteiger partial charge in [-0.05, 0) is 0 Å². The first kappa shape index (κ1) is 31.7. The summed E-state index contributed by atoms with van der Waals surface area (Å²) in [5, 5.41) is 121. The number of hydrogen-bond donors (Lipinski definition) is 12. The maximum atomic E-state index is 10.7. The van der Waals surface area contributed by atoms with Gasteiger partial charge in [-0.2, -0.15) is 0 Å². The third kappa shape index (κ3) is 5.73. The SMILES string of the molecule is OC[C@H]1O[C@H](Oc2cc3cc(O[C@@H]4O[C@H](CO)[C@@H](O)[C@H](O)[C@H]4O)c(O)cc3[o+]c2-c2cc(O)c(O)c(O)c2)[C@H](O)[C@@H](O)[C@H]1O. The second-order valence-electron chi connectivity index (χ2n) is 10.3. The molecule has 1 aromatic heterocycles. The van der Waals surface area contributed by atoms with Gasteiger partial charge in [0.25, 0.3) is 0 Å². The minimum absolute atomic E-state index is 0.0631. The van der Waals surface area contributed by atoms with E-state index in [1.54, 1.807) is 0 Å². The van der Waals surface area contributed by atoms with Gasteiger partial charge in [0.05, 0.1) is 30.2 Å². The van der Waals surface area contributed by atoms with Crippen LogP contribution in [0.5, 0.6) is 34.5 Å². The molecule has 44 heavy (non-hydrogen) atoms. The lowest BCUT2D eigenvalue weighted by atomic mass is 9.99. The molecule has 0 spiro atoms. The molecule has 2 aliphatic heterocycles. The molecule has 12 N–H and O–H groups in total. The van der Waals surface area contributed by atoms with Crippen LogP contribution in [0.15, 0.2) is 34.7 Å². The van der Waals surface area contributed by atoms with E-state index in [-0.39, 0.29) is 33.8 Å². The van der Waals surface area contributed by atoms with E-state index in [0.29, 0.717) is 0 Å². The molecule has 0 unspecified atom stereocenters. The summed E-state index contributed by atoms with van der Waals surface area (Å²) in [4.78, 5) is 0. The Morgan fingerprint density at radius 2 is 1.07 bits per heavy atom. The van der Waals surface area contributed by atoms with Crippen molar-refractivity contribution < 1.29 is 84.6 Å². The highest BCUT2D eigenvalue weighted by Crippen LogP contribution is 2.45. The number of aliphatic hydroxyl groups is 8. The van der Waals surface area contributed by atoms with E-state index < -0.39 is 97.6 Å². The Labute approximate surface area is 246 Å². The van der Waals surface area contributed by atoms with Crippen LogP contribution < -0.4 is 9.47 Å². The van der Waals surface area contributed by atoms with E-state index in [1.807, 2.05) is 0 Å². The van der Waals surface area contributed by atoms with Gasteiger partial charge in [-0.15, -0.1) is 0 Å². The molecule has 5 rings (SSSR count). The molecule has 0 radical (unpaired) electrons. The number of aromatic hydroxyl groups is 4. The normalized spacial score (nSPS) is 32.5. The summed E-state index contributed by atoms with van der Waals surface area (Å²) < 4.78 is 27.9. The monoisotopic (exact) mass is 627 g/mol. The van der Waals surface area contributed by atoms with Crippen molar-refractivity contribution in [3.05, 3.63) is 30.3 Å². The van der Waals surface area contributed by atoms with E-state index in [9.17, 15) is 61.3 Å². The first-order valence-electron chi connectivity index (χ1n) is 13.2. The average Bonchev–Trinajstić information content (AvgIpc) is 3.00. The first-order valence-corrected chi connectivity index (χ1v) is 13.2. The molecule has 2 aromatic carbocycles. The van der Waals surface area contributed by atoms with E-state index in [1.165, 1.54) is 12.1 Å². The lowest BCUT2D eigenvalue weighted by molar-refractivity contribution is -0.277. The van der Waals surface area contributed by atoms with Gasteiger partial charge in [0.1, 0.15) is 48.8 Å². The summed E-state index contributed by atoms with van der Waals surface area (Å²) in [6.07, 6.45) is -16.5. The standard InChI is InChI=1S/C27H30O17/c28-6-16-19(34)21(36)23(38)26(43-16)41-14-3-8-4-15(42-27-24(39)22(37)20(35)17(7-29)44-27)25(40-13(8)5-10(14)30)9-1-11(31)18(33)12(32)2-9/h1-5,16-17,19-24,26-29,34-39H,6-7H2,(H3-,30,31,32,33)/p+1/t16-,17-,19-,20+,21+,22+,23-,24-,26-,27+/m1/s1.